The van der Waals surface area contributed by atoms with Gasteiger partial charge in [0, 0.05) is 24.3 Å². The molecule has 0 aliphatic carbocycles. The van der Waals surface area contributed by atoms with E-state index in [2.05, 4.69) is 22.3 Å². The summed E-state index contributed by atoms with van der Waals surface area (Å²) in [6.07, 6.45) is 5.05. The lowest BCUT2D eigenvalue weighted by molar-refractivity contribution is 0.102. The van der Waals surface area contributed by atoms with Gasteiger partial charge < -0.3 is 5.32 Å². The standard InChI is InChI=1S/C22H25N5O3S/c1-17-3-2-12-27(13-17)31(29,30)21-10-8-20(9-11-21)25-22(28)19-6-4-18(5-7-19)14-26-16-23-15-24-26/h4-11,15-17H,2-3,12-14H2,1H3,(H,25,28). The average molecular weight is 440 g/mol. The number of aromatic nitrogens is 3. The highest BCUT2D eigenvalue weighted by Crippen LogP contribution is 2.24. The molecule has 9 heteroatoms. The maximum atomic E-state index is 12.9. The van der Waals surface area contributed by atoms with E-state index in [1.54, 1.807) is 51.7 Å². The van der Waals surface area contributed by atoms with Crippen molar-refractivity contribution in [3.8, 4) is 0 Å². The van der Waals surface area contributed by atoms with Gasteiger partial charge in [-0.1, -0.05) is 19.1 Å². The topological polar surface area (TPSA) is 97.2 Å². The van der Waals surface area contributed by atoms with E-state index in [-0.39, 0.29) is 10.8 Å². The molecule has 1 unspecified atom stereocenters. The lowest BCUT2D eigenvalue weighted by atomic mass is 10.0. The summed E-state index contributed by atoms with van der Waals surface area (Å²) < 4.78 is 29.0. The average Bonchev–Trinajstić information content (AvgIpc) is 3.28. The predicted molar refractivity (Wildman–Crippen MR) is 117 cm³/mol. The van der Waals surface area contributed by atoms with Crippen molar-refractivity contribution in [3.05, 3.63) is 72.3 Å². The Bertz CT molecular complexity index is 1130. The van der Waals surface area contributed by atoms with Crippen molar-refractivity contribution in [2.45, 2.75) is 31.2 Å². The Labute approximate surface area is 182 Å². The van der Waals surface area contributed by atoms with Gasteiger partial charge in [0.05, 0.1) is 11.4 Å². The molecule has 1 atom stereocenters. The van der Waals surface area contributed by atoms with E-state index >= 15 is 0 Å². The zero-order chi connectivity index (χ0) is 21.8. The fourth-order valence-corrected chi connectivity index (χ4v) is 5.29. The van der Waals surface area contributed by atoms with Crippen LogP contribution >= 0.6 is 0 Å². The number of nitrogens with one attached hydrogen (secondary N) is 1. The van der Waals surface area contributed by atoms with Crippen LogP contribution in [-0.2, 0) is 16.6 Å². The lowest BCUT2D eigenvalue weighted by Crippen LogP contribution is -2.39. The summed E-state index contributed by atoms with van der Waals surface area (Å²) in [6.45, 7) is 3.75. The summed E-state index contributed by atoms with van der Waals surface area (Å²) >= 11 is 0. The molecule has 1 fully saturated rings. The number of rotatable bonds is 6. The Balaban J connectivity index is 1.40. The number of anilines is 1. The number of benzene rings is 2. The molecular weight excluding hydrogens is 414 g/mol. The summed E-state index contributed by atoms with van der Waals surface area (Å²) in [5.41, 5.74) is 2.06. The second kappa shape index (κ2) is 8.99. The first-order chi connectivity index (χ1) is 14.9. The van der Waals surface area contributed by atoms with Gasteiger partial charge in [0.15, 0.2) is 0 Å². The van der Waals surface area contributed by atoms with Crippen LogP contribution in [0.2, 0.25) is 0 Å². The molecular formula is C22H25N5O3S. The molecule has 162 valence electrons. The van der Waals surface area contributed by atoms with Crippen LogP contribution in [0.3, 0.4) is 0 Å². The number of sulfonamides is 1. The monoisotopic (exact) mass is 439 g/mol. The van der Waals surface area contributed by atoms with Crippen LogP contribution in [-0.4, -0.2) is 46.5 Å². The van der Waals surface area contributed by atoms with Gasteiger partial charge in [-0.3, -0.25) is 4.79 Å². The fraction of sp³-hybridized carbons (Fsp3) is 0.318. The van der Waals surface area contributed by atoms with Crippen molar-refractivity contribution >= 4 is 21.6 Å². The maximum Gasteiger partial charge on any atom is 0.255 e. The molecule has 1 aliphatic rings. The molecule has 3 aromatic rings. The summed E-state index contributed by atoms with van der Waals surface area (Å²) in [5.74, 6) is 0.109. The number of nitrogens with zero attached hydrogens (tertiary/aromatic N) is 4. The molecule has 0 bridgehead atoms. The van der Waals surface area contributed by atoms with E-state index < -0.39 is 10.0 Å². The van der Waals surface area contributed by atoms with Gasteiger partial charge in [0.25, 0.3) is 5.91 Å². The van der Waals surface area contributed by atoms with Crippen molar-refractivity contribution in [2.24, 2.45) is 5.92 Å². The highest BCUT2D eigenvalue weighted by molar-refractivity contribution is 7.89. The third-order valence-corrected chi connectivity index (χ3v) is 7.28. The highest BCUT2D eigenvalue weighted by Gasteiger charge is 2.28. The third kappa shape index (κ3) is 5.00. The molecule has 31 heavy (non-hydrogen) atoms. The smallest absolute Gasteiger partial charge is 0.255 e. The zero-order valence-electron chi connectivity index (χ0n) is 17.3. The van der Waals surface area contributed by atoms with Gasteiger partial charge in [0.1, 0.15) is 12.7 Å². The summed E-state index contributed by atoms with van der Waals surface area (Å²) in [7, 11) is -3.51. The second-order valence-corrected chi connectivity index (χ2v) is 9.82. The first-order valence-electron chi connectivity index (χ1n) is 10.2. The van der Waals surface area contributed by atoms with Crippen LogP contribution in [0, 0.1) is 5.92 Å². The minimum Gasteiger partial charge on any atom is -0.322 e. The second-order valence-electron chi connectivity index (χ2n) is 7.88. The first kappa shape index (κ1) is 21.2. The zero-order valence-corrected chi connectivity index (χ0v) is 18.1. The number of amides is 1. The van der Waals surface area contributed by atoms with E-state index in [0.717, 1.165) is 18.4 Å². The highest BCUT2D eigenvalue weighted by atomic mass is 32.2. The van der Waals surface area contributed by atoms with E-state index in [0.29, 0.717) is 36.8 Å². The molecule has 8 nitrogen and oxygen atoms in total. The van der Waals surface area contributed by atoms with Gasteiger partial charge in [-0.25, -0.2) is 18.1 Å². The summed E-state index contributed by atoms with van der Waals surface area (Å²) in [4.78, 5) is 16.7. The van der Waals surface area contributed by atoms with Crippen LogP contribution in [0.5, 0.6) is 0 Å². The molecule has 0 radical (unpaired) electrons. The summed E-state index contributed by atoms with van der Waals surface area (Å²) in [6, 6.07) is 13.6. The Morgan fingerprint density at radius 1 is 1.13 bits per heavy atom. The molecule has 0 spiro atoms. The molecule has 0 saturated carbocycles. The van der Waals surface area contributed by atoms with Crippen molar-refractivity contribution in [1.82, 2.24) is 19.1 Å². The SMILES string of the molecule is CC1CCCN(S(=O)(=O)c2ccc(NC(=O)c3ccc(Cn4cncn4)cc3)cc2)C1. The Kier molecular flexibility index (Phi) is 6.15. The van der Waals surface area contributed by atoms with Gasteiger partial charge >= 0.3 is 0 Å². The number of carbonyl (C=O) groups is 1. The Hall–Kier alpha value is -3.04. The number of hydrogen-bond donors (Lipinski definition) is 1. The maximum absolute atomic E-state index is 12.9. The van der Waals surface area contributed by atoms with Crippen LogP contribution in [0.15, 0.2) is 66.1 Å². The third-order valence-electron chi connectivity index (χ3n) is 5.40. The Morgan fingerprint density at radius 2 is 1.87 bits per heavy atom. The van der Waals surface area contributed by atoms with Gasteiger partial charge in [-0.2, -0.15) is 9.40 Å². The van der Waals surface area contributed by atoms with E-state index in [9.17, 15) is 13.2 Å². The Morgan fingerprint density at radius 3 is 2.52 bits per heavy atom. The van der Waals surface area contributed by atoms with E-state index in [4.69, 9.17) is 0 Å². The van der Waals surface area contributed by atoms with Crippen LogP contribution < -0.4 is 5.32 Å². The molecule has 2 heterocycles. The van der Waals surface area contributed by atoms with E-state index in [1.165, 1.54) is 6.33 Å². The van der Waals surface area contributed by atoms with Crippen LogP contribution in [0.25, 0.3) is 0 Å². The van der Waals surface area contributed by atoms with Crippen molar-refractivity contribution < 1.29 is 13.2 Å². The molecule has 1 aromatic heterocycles. The minimum atomic E-state index is -3.51. The van der Waals surface area contributed by atoms with E-state index in [1.807, 2.05) is 12.1 Å². The van der Waals surface area contributed by atoms with Gasteiger partial charge in [-0.05, 0) is 60.7 Å². The van der Waals surface area contributed by atoms with Gasteiger partial charge in [0.2, 0.25) is 10.0 Å². The molecule has 1 saturated heterocycles. The van der Waals surface area contributed by atoms with Crippen LogP contribution in [0.1, 0.15) is 35.7 Å². The minimum absolute atomic E-state index is 0.247. The normalized spacial score (nSPS) is 17.4. The molecule has 1 N–H and O–H groups in total. The largest absolute Gasteiger partial charge is 0.322 e. The lowest BCUT2D eigenvalue weighted by Gasteiger charge is -2.30. The summed E-state index contributed by atoms with van der Waals surface area (Å²) in [5, 5.41) is 6.88. The number of piperidine rings is 1. The quantitative estimate of drug-likeness (QED) is 0.637. The number of carbonyl (C=O) groups excluding carboxylic acids is 1. The van der Waals surface area contributed by atoms with Gasteiger partial charge in [-0.15, -0.1) is 0 Å². The van der Waals surface area contributed by atoms with Crippen molar-refractivity contribution in [2.75, 3.05) is 18.4 Å². The van der Waals surface area contributed by atoms with Crippen LogP contribution in [0.4, 0.5) is 5.69 Å². The van der Waals surface area contributed by atoms with Crippen molar-refractivity contribution in [3.63, 3.8) is 0 Å². The molecule has 1 aliphatic heterocycles. The molecule has 1 amide bonds. The van der Waals surface area contributed by atoms with Crippen molar-refractivity contribution in [1.29, 1.82) is 0 Å². The fourth-order valence-electron chi connectivity index (χ4n) is 3.69. The predicted octanol–water partition coefficient (Wildman–Crippen LogP) is 3.00. The molecule has 2 aromatic carbocycles. The number of hydrogen-bond acceptors (Lipinski definition) is 5. The molecule has 4 rings (SSSR count). The first-order valence-corrected chi connectivity index (χ1v) is 11.7.